The minimum atomic E-state index is -0.510. The number of benzene rings is 1. The molecule has 0 radical (unpaired) electrons. The highest BCUT2D eigenvalue weighted by molar-refractivity contribution is 5.27. The Bertz CT molecular complexity index is 407. The Labute approximate surface area is 128 Å². The minimum absolute atomic E-state index is 0.160. The Kier molecular flexibility index (Phi) is 7.72. The van der Waals surface area contributed by atoms with Gasteiger partial charge in [0.05, 0.1) is 0 Å². The van der Waals surface area contributed by atoms with Crippen LogP contribution in [0.25, 0.3) is 0 Å². The largest absolute Gasteiger partial charge is 0.491 e. The van der Waals surface area contributed by atoms with Gasteiger partial charge in [0.2, 0.25) is 0 Å². The molecule has 2 N–H and O–H groups in total. The highest BCUT2D eigenvalue weighted by Gasteiger charge is 2.17. The van der Waals surface area contributed by atoms with Crippen molar-refractivity contribution in [1.29, 1.82) is 0 Å². The minimum Gasteiger partial charge on any atom is -0.491 e. The van der Waals surface area contributed by atoms with Gasteiger partial charge in [-0.25, -0.2) is 0 Å². The molecule has 1 aromatic carbocycles. The topological polar surface area (TPSA) is 50.7 Å². The van der Waals surface area contributed by atoms with Crippen LogP contribution in [0.3, 0.4) is 0 Å². The van der Waals surface area contributed by atoms with Gasteiger partial charge >= 0.3 is 0 Å². The smallest absolute Gasteiger partial charge is 0.119 e. The van der Waals surface area contributed by atoms with Crippen LogP contribution < -0.4 is 10.1 Å². The maximum atomic E-state index is 9.94. The van der Waals surface area contributed by atoms with Crippen molar-refractivity contribution in [3.8, 4) is 5.75 Å². The summed E-state index contributed by atoms with van der Waals surface area (Å²) < 4.78 is 10.7. The van der Waals surface area contributed by atoms with Gasteiger partial charge in [0.1, 0.15) is 18.5 Å². The van der Waals surface area contributed by atoms with Crippen LogP contribution in [-0.2, 0) is 4.74 Å². The Morgan fingerprint density at radius 3 is 2.76 bits per heavy atom. The van der Waals surface area contributed by atoms with E-state index in [0.717, 1.165) is 30.9 Å². The Balaban J connectivity index is 2.20. The lowest BCUT2D eigenvalue weighted by Gasteiger charge is -2.25. The number of rotatable bonds is 10. The Hall–Kier alpha value is -1.10. The summed E-state index contributed by atoms with van der Waals surface area (Å²) in [5, 5.41) is 13.2. The molecule has 4 heteroatoms. The van der Waals surface area contributed by atoms with E-state index in [1.54, 1.807) is 7.11 Å². The Morgan fingerprint density at radius 1 is 1.33 bits per heavy atom. The fraction of sp³-hybridized carbons (Fsp3) is 0.647. The van der Waals surface area contributed by atoms with Crippen LogP contribution in [-0.4, -0.2) is 44.6 Å². The van der Waals surface area contributed by atoms with Crippen molar-refractivity contribution in [2.24, 2.45) is 5.41 Å². The Morgan fingerprint density at radius 2 is 2.10 bits per heavy atom. The predicted molar refractivity (Wildman–Crippen MR) is 85.8 cm³/mol. The lowest BCUT2D eigenvalue weighted by atomic mass is 9.90. The second-order valence-corrected chi connectivity index (χ2v) is 6.32. The lowest BCUT2D eigenvalue weighted by molar-refractivity contribution is 0.100. The molecule has 1 unspecified atom stereocenters. The number of hydrogen-bond acceptors (Lipinski definition) is 4. The van der Waals surface area contributed by atoms with E-state index in [9.17, 15) is 5.11 Å². The van der Waals surface area contributed by atoms with Crippen molar-refractivity contribution in [1.82, 2.24) is 5.32 Å². The van der Waals surface area contributed by atoms with Crippen LogP contribution in [0.1, 0.15) is 25.8 Å². The van der Waals surface area contributed by atoms with Gasteiger partial charge in [-0.1, -0.05) is 26.0 Å². The van der Waals surface area contributed by atoms with Crippen molar-refractivity contribution in [3.63, 3.8) is 0 Å². The molecule has 1 aromatic rings. The molecular weight excluding hydrogens is 266 g/mol. The molecule has 0 saturated heterocycles. The SMILES string of the molecule is COCCC(C)(C)CNCC(O)COc1cccc(C)c1. The number of hydrogen-bond donors (Lipinski definition) is 2. The third-order valence-electron chi connectivity index (χ3n) is 3.40. The number of aliphatic hydroxyl groups is 1. The number of aryl methyl sites for hydroxylation is 1. The van der Waals surface area contributed by atoms with E-state index < -0.39 is 6.10 Å². The summed E-state index contributed by atoms with van der Waals surface area (Å²) in [6.45, 7) is 8.83. The van der Waals surface area contributed by atoms with Gasteiger partial charge in [0.15, 0.2) is 0 Å². The standard InChI is InChI=1S/C17H29NO3/c1-14-6-5-7-16(10-14)21-12-15(19)11-18-13-17(2,3)8-9-20-4/h5-7,10,15,18-19H,8-9,11-13H2,1-4H3. The first-order valence-corrected chi connectivity index (χ1v) is 7.50. The van der Waals surface area contributed by atoms with Gasteiger partial charge in [-0.2, -0.15) is 0 Å². The van der Waals surface area contributed by atoms with Crippen LogP contribution in [0.2, 0.25) is 0 Å². The van der Waals surface area contributed by atoms with E-state index in [1.165, 1.54) is 0 Å². The molecule has 0 aliphatic rings. The van der Waals surface area contributed by atoms with E-state index >= 15 is 0 Å². The van der Waals surface area contributed by atoms with Crippen molar-refractivity contribution in [2.75, 3.05) is 33.4 Å². The summed E-state index contributed by atoms with van der Waals surface area (Å²) in [4.78, 5) is 0. The first kappa shape index (κ1) is 18.0. The molecule has 120 valence electrons. The zero-order chi connectivity index (χ0) is 15.7. The maximum Gasteiger partial charge on any atom is 0.119 e. The summed E-state index contributed by atoms with van der Waals surface area (Å²) in [5.41, 5.74) is 1.31. The van der Waals surface area contributed by atoms with E-state index in [-0.39, 0.29) is 5.41 Å². The molecule has 0 heterocycles. The summed E-state index contributed by atoms with van der Waals surface area (Å²) >= 11 is 0. The summed E-state index contributed by atoms with van der Waals surface area (Å²) in [6, 6.07) is 7.84. The third kappa shape index (κ3) is 8.05. The number of ether oxygens (including phenoxy) is 2. The van der Waals surface area contributed by atoms with Gasteiger partial charge in [0.25, 0.3) is 0 Å². The third-order valence-corrected chi connectivity index (χ3v) is 3.40. The van der Waals surface area contributed by atoms with Crippen molar-refractivity contribution in [2.45, 2.75) is 33.3 Å². The van der Waals surface area contributed by atoms with E-state index in [2.05, 4.69) is 19.2 Å². The summed E-state index contributed by atoms with van der Waals surface area (Å²) in [6.07, 6.45) is 0.482. The molecule has 0 fully saturated rings. The number of methoxy groups -OCH3 is 1. The van der Waals surface area contributed by atoms with Gasteiger partial charge in [-0.3, -0.25) is 0 Å². The molecule has 1 rings (SSSR count). The van der Waals surface area contributed by atoms with Crippen molar-refractivity contribution < 1.29 is 14.6 Å². The second kappa shape index (κ2) is 9.03. The fourth-order valence-corrected chi connectivity index (χ4v) is 2.00. The first-order valence-electron chi connectivity index (χ1n) is 7.50. The van der Waals surface area contributed by atoms with Gasteiger partial charge in [-0.05, 0) is 36.5 Å². The van der Waals surface area contributed by atoms with Crippen LogP contribution in [0.15, 0.2) is 24.3 Å². The summed E-state index contributed by atoms with van der Waals surface area (Å²) in [5.74, 6) is 0.800. The number of nitrogens with one attached hydrogen (secondary N) is 1. The molecule has 0 spiro atoms. The predicted octanol–water partition coefficient (Wildman–Crippen LogP) is 2.39. The van der Waals surface area contributed by atoms with E-state index in [1.807, 2.05) is 31.2 Å². The molecule has 21 heavy (non-hydrogen) atoms. The quantitative estimate of drug-likeness (QED) is 0.696. The number of aliphatic hydroxyl groups excluding tert-OH is 1. The van der Waals surface area contributed by atoms with Gasteiger partial charge < -0.3 is 19.9 Å². The molecule has 0 aliphatic heterocycles. The monoisotopic (exact) mass is 295 g/mol. The molecule has 4 nitrogen and oxygen atoms in total. The maximum absolute atomic E-state index is 9.94. The molecule has 0 amide bonds. The van der Waals surface area contributed by atoms with E-state index in [0.29, 0.717) is 13.2 Å². The van der Waals surface area contributed by atoms with Crippen LogP contribution >= 0.6 is 0 Å². The fourth-order valence-electron chi connectivity index (χ4n) is 2.00. The molecule has 1 atom stereocenters. The molecule has 0 aliphatic carbocycles. The highest BCUT2D eigenvalue weighted by atomic mass is 16.5. The van der Waals surface area contributed by atoms with Crippen LogP contribution in [0.5, 0.6) is 5.75 Å². The lowest BCUT2D eigenvalue weighted by Crippen LogP contribution is -2.37. The van der Waals surface area contributed by atoms with Gasteiger partial charge in [-0.15, -0.1) is 0 Å². The molecular formula is C17H29NO3. The zero-order valence-corrected chi connectivity index (χ0v) is 13.7. The van der Waals surface area contributed by atoms with Crippen molar-refractivity contribution >= 4 is 0 Å². The van der Waals surface area contributed by atoms with Crippen LogP contribution in [0.4, 0.5) is 0 Å². The molecule has 0 saturated carbocycles. The average molecular weight is 295 g/mol. The summed E-state index contributed by atoms with van der Waals surface area (Å²) in [7, 11) is 1.72. The zero-order valence-electron chi connectivity index (χ0n) is 13.7. The highest BCUT2D eigenvalue weighted by Crippen LogP contribution is 2.18. The molecule has 0 aromatic heterocycles. The van der Waals surface area contributed by atoms with E-state index in [4.69, 9.17) is 9.47 Å². The first-order chi connectivity index (χ1) is 9.93. The van der Waals surface area contributed by atoms with Crippen LogP contribution in [0, 0.1) is 12.3 Å². The van der Waals surface area contributed by atoms with Crippen molar-refractivity contribution in [3.05, 3.63) is 29.8 Å². The normalized spacial score (nSPS) is 13.2. The van der Waals surface area contributed by atoms with Gasteiger partial charge in [0, 0.05) is 26.8 Å². The molecule has 0 bridgehead atoms. The second-order valence-electron chi connectivity index (χ2n) is 6.32. The average Bonchev–Trinajstić information content (AvgIpc) is 2.43.